The summed E-state index contributed by atoms with van der Waals surface area (Å²) in [5, 5.41) is 4.97. The van der Waals surface area contributed by atoms with Crippen molar-refractivity contribution in [3.63, 3.8) is 0 Å². The number of benzene rings is 10. The van der Waals surface area contributed by atoms with E-state index in [-0.39, 0.29) is 5.41 Å². The van der Waals surface area contributed by atoms with E-state index >= 15 is 0 Å². The topological polar surface area (TPSA) is 8.17 Å². The van der Waals surface area contributed by atoms with Crippen LogP contribution in [0.1, 0.15) is 25.0 Å². The lowest BCUT2D eigenvalue weighted by molar-refractivity contribution is 0.660. The first kappa shape index (κ1) is 36.9. The Labute approximate surface area is 368 Å². The van der Waals surface area contributed by atoms with Gasteiger partial charge in [0.05, 0.1) is 16.7 Å². The van der Waals surface area contributed by atoms with Gasteiger partial charge in [-0.1, -0.05) is 172 Å². The maximum absolute atomic E-state index is 2.44. The largest absolute Gasteiger partial charge is 0.310 e. The van der Waals surface area contributed by atoms with Crippen molar-refractivity contribution < 1.29 is 0 Å². The van der Waals surface area contributed by atoms with Gasteiger partial charge in [0.25, 0.3) is 0 Å². The van der Waals surface area contributed by atoms with Crippen molar-refractivity contribution in [2.75, 3.05) is 4.90 Å². The van der Waals surface area contributed by atoms with E-state index in [0.29, 0.717) is 0 Å². The Morgan fingerprint density at radius 2 is 0.873 bits per heavy atom. The van der Waals surface area contributed by atoms with Gasteiger partial charge in [0, 0.05) is 38.6 Å². The van der Waals surface area contributed by atoms with Crippen molar-refractivity contribution in [1.29, 1.82) is 0 Å². The molecule has 0 amide bonds. The first-order valence-electron chi connectivity index (χ1n) is 21.9. The molecule has 1 aromatic heterocycles. The summed E-state index contributed by atoms with van der Waals surface area (Å²) >= 11 is 0. The maximum Gasteiger partial charge on any atom is 0.0541 e. The average Bonchev–Trinajstić information content (AvgIpc) is 3.79. The molecule has 1 heterocycles. The van der Waals surface area contributed by atoms with E-state index in [2.05, 4.69) is 254 Å². The molecule has 11 aromatic rings. The molecule has 298 valence electrons. The van der Waals surface area contributed by atoms with Gasteiger partial charge in [0.1, 0.15) is 0 Å². The van der Waals surface area contributed by atoms with Crippen molar-refractivity contribution in [2.45, 2.75) is 19.3 Å². The Balaban J connectivity index is 0.936. The molecular formula is C61H44N2. The molecule has 1 aliphatic rings. The number of para-hydroxylation sites is 2. The van der Waals surface area contributed by atoms with E-state index < -0.39 is 0 Å². The second-order valence-corrected chi connectivity index (χ2v) is 17.4. The highest BCUT2D eigenvalue weighted by molar-refractivity contribution is 6.10. The zero-order valence-corrected chi connectivity index (χ0v) is 35.3. The summed E-state index contributed by atoms with van der Waals surface area (Å²) in [6, 6.07) is 84.6. The van der Waals surface area contributed by atoms with Crippen LogP contribution in [0.2, 0.25) is 0 Å². The van der Waals surface area contributed by atoms with Crippen molar-refractivity contribution in [1.82, 2.24) is 4.57 Å². The lowest BCUT2D eigenvalue weighted by Crippen LogP contribution is -2.16. The van der Waals surface area contributed by atoms with Crippen molar-refractivity contribution in [2.24, 2.45) is 0 Å². The van der Waals surface area contributed by atoms with Crippen LogP contribution in [0.25, 0.3) is 82.8 Å². The van der Waals surface area contributed by atoms with Crippen LogP contribution < -0.4 is 4.90 Å². The van der Waals surface area contributed by atoms with Crippen molar-refractivity contribution >= 4 is 49.6 Å². The van der Waals surface area contributed by atoms with E-state index in [4.69, 9.17) is 0 Å². The zero-order chi connectivity index (χ0) is 42.1. The van der Waals surface area contributed by atoms with Crippen LogP contribution in [0.4, 0.5) is 17.1 Å². The number of fused-ring (bicyclic) bond motifs is 7. The van der Waals surface area contributed by atoms with Crippen LogP contribution in [-0.2, 0) is 5.41 Å². The number of aromatic nitrogens is 1. The van der Waals surface area contributed by atoms with Crippen molar-refractivity contribution in [3.05, 3.63) is 242 Å². The molecule has 0 spiro atoms. The predicted molar refractivity (Wildman–Crippen MR) is 267 cm³/mol. The molecule has 0 saturated carbocycles. The van der Waals surface area contributed by atoms with Gasteiger partial charge < -0.3 is 9.47 Å². The van der Waals surface area contributed by atoms with Crippen LogP contribution in [0.15, 0.2) is 231 Å². The summed E-state index contributed by atoms with van der Waals surface area (Å²) in [6.45, 7) is 4.78. The van der Waals surface area contributed by atoms with Gasteiger partial charge in [0.15, 0.2) is 0 Å². The van der Waals surface area contributed by atoms with Crippen LogP contribution in [0.3, 0.4) is 0 Å². The molecule has 0 N–H and O–H groups in total. The van der Waals surface area contributed by atoms with E-state index in [1.807, 2.05) is 0 Å². The first-order valence-corrected chi connectivity index (χ1v) is 21.9. The lowest BCUT2D eigenvalue weighted by atomic mass is 9.81. The third kappa shape index (κ3) is 6.09. The average molecular weight is 805 g/mol. The second-order valence-electron chi connectivity index (χ2n) is 17.4. The summed E-state index contributed by atoms with van der Waals surface area (Å²) in [5.74, 6) is 0. The molecule has 12 rings (SSSR count). The van der Waals surface area contributed by atoms with Gasteiger partial charge in [-0.25, -0.2) is 0 Å². The summed E-state index contributed by atoms with van der Waals surface area (Å²) < 4.78 is 2.38. The molecule has 1 aliphatic carbocycles. The number of nitrogens with zero attached hydrogens (tertiary/aromatic N) is 2. The second kappa shape index (κ2) is 14.6. The number of anilines is 3. The summed E-state index contributed by atoms with van der Waals surface area (Å²) in [5.41, 5.74) is 19.4. The third-order valence-corrected chi connectivity index (χ3v) is 13.4. The molecule has 0 radical (unpaired) electrons. The lowest BCUT2D eigenvalue weighted by Gasteiger charge is -2.29. The highest BCUT2D eigenvalue weighted by Crippen LogP contribution is 2.52. The van der Waals surface area contributed by atoms with Gasteiger partial charge in [0.2, 0.25) is 0 Å². The molecule has 0 unspecified atom stereocenters. The predicted octanol–water partition coefficient (Wildman–Crippen LogP) is 16.7. The molecule has 0 atom stereocenters. The highest BCUT2D eigenvalue weighted by Gasteiger charge is 2.36. The molecule has 0 bridgehead atoms. The molecule has 10 aromatic carbocycles. The minimum Gasteiger partial charge on any atom is -0.310 e. The monoisotopic (exact) mass is 804 g/mol. The fourth-order valence-corrected chi connectivity index (χ4v) is 10.2. The van der Waals surface area contributed by atoms with Gasteiger partial charge >= 0.3 is 0 Å². The van der Waals surface area contributed by atoms with Gasteiger partial charge in [-0.15, -0.1) is 0 Å². The Hall–Kier alpha value is -7.94. The Morgan fingerprint density at radius 1 is 0.349 bits per heavy atom. The third-order valence-electron chi connectivity index (χ3n) is 13.4. The Kier molecular flexibility index (Phi) is 8.55. The number of hydrogen-bond donors (Lipinski definition) is 0. The fourth-order valence-electron chi connectivity index (χ4n) is 10.2. The summed E-state index contributed by atoms with van der Waals surface area (Å²) in [7, 11) is 0. The van der Waals surface area contributed by atoms with E-state index in [9.17, 15) is 0 Å². The van der Waals surface area contributed by atoms with E-state index in [1.54, 1.807) is 0 Å². The zero-order valence-electron chi connectivity index (χ0n) is 35.3. The van der Waals surface area contributed by atoms with Crippen LogP contribution in [-0.4, -0.2) is 4.57 Å². The quantitative estimate of drug-likeness (QED) is 0.156. The molecular weight excluding hydrogens is 761 g/mol. The van der Waals surface area contributed by atoms with Crippen LogP contribution in [0, 0.1) is 0 Å². The van der Waals surface area contributed by atoms with Gasteiger partial charge in [-0.2, -0.15) is 0 Å². The Bertz CT molecular complexity index is 3520. The van der Waals surface area contributed by atoms with Gasteiger partial charge in [-0.3, -0.25) is 0 Å². The standard InChI is InChI=1S/C61H44N2/c1-61(2)56-39-47(46-30-36-60-55(38-46)54-24-11-12-25-59(54)63(60)48-21-7-4-8-22-48)29-34-52(56)53-35-33-50(40-57(53)61)62(58-26-14-18-43-17-9-10-23-51(43)58)49-31-27-42(28-32-49)45-20-13-19-44(37-45)41-15-5-3-6-16-41/h3-40H,1-2H3. The first-order chi connectivity index (χ1) is 31.0. The minimum atomic E-state index is -0.220. The SMILES string of the molecule is CC1(C)c2cc(-c3ccc4c(c3)c3ccccc3n4-c3ccccc3)ccc2-c2ccc(N(c3ccc(-c4cccc(-c5ccccc5)c4)cc3)c3cccc4ccccc34)cc21. The molecule has 2 heteroatoms. The molecule has 0 aliphatic heterocycles. The van der Waals surface area contributed by atoms with E-state index in [1.165, 1.54) is 93.9 Å². The maximum atomic E-state index is 2.44. The summed E-state index contributed by atoms with van der Waals surface area (Å²) in [4.78, 5) is 2.44. The van der Waals surface area contributed by atoms with Gasteiger partial charge in [-0.05, 0) is 134 Å². The Morgan fingerprint density at radius 3 is 1.67 bits per heavy atom. The van der Waals surface area contributed by atoms with E-state index in [0.717, 1.165) is 17.1 Å². The molecule has 63 heavy (non-hydrogen) atoms. The molecule has 0 saturated heterocycles. The van der Waals surface area contributed by atoms with Crippen LogP contribution in [0.5, 0.6) is 0 Å². The number of hydrogen-bond acceptors (Lipinski definition) is 1. The normalized spacial score (nSPS) is 12.7. The van der Waals surface area contributed by atoms with Crippen molar-refractivity contribution in [3.8, 4) is 50.2 Å². The smallest absolute Gasteiger partial charge is 0.0541 e. The summed E-state index contributed by atoms with van der Waals surface area (Å²) in [6.07, 6.45) is 0. The fraction of sp³-hybridized carbons (Fsp3) is 0.0492. The molecule has 0 fully saturated rings. The highest BCUT2D eigenvalue weighted by atomic mass is 15.1. The molecule has 2 nitrogen and oxygen atoms in total. The number of rotatable bonds is 7. The minimum absolute atomic E-state index is 0.220. The van der Waals surface area contributed by atoms with Crippen LogP contribution >= 0.6 is 0 Å².